The molecule has 0 saturated carbocycles. The zero-order valence-electron chi connectivity index (χ0n) is 26.5. The van der Waals surface area contributed by atoms with E-state index in [0.29, 0.717) is 0 Å². The van der Waals surface area contributed by atoms with Crippen LogP contribution in [0.1, 0.15) is 12.5 Å². The Morgan fingerprint density at radius 2 is 1.04 bits per heavy atom. The topological polar surface area (TPSA) is 425 Å². The van der Waals surface area contributed by atoms with Crippen LogP contribution in [-0.2, 0) is 45.4 Å². The number of hydrogen-bond acceptors (Lipinski definition) is 22. The second-order valence-electron chi connectivity index (χ2n) is 11.4. The van der Waals surface area contributed by atoms with Gasteiger partial charge in [-0.3, -0.25) is 27.3 Å². The first-order valence-corrected chi connectivity index (χ1v) is 21.4. The molecular formula is C21H29ClN10O18P4. The van der Waals surface area contributed by atoms with Gasteiger partial charge in [0.05, 0.1) is 25.9 Å². The standard InChI is InChI=1S/C21H29ClN10O18P4/c22-21(51(37,38)49-53(41,42)45-1-7-11(33)13(35)19(47-7)31-5-29-9-15(23)25-3-27-17(9)31)52(39,40)50-54(43,44)46-2-8-12(34)14(36)20(48-8)32-6-30-10-16(24)26-4-28-18(10)32/h3-8,11-14,19-21,33-36H,1-2H2,(H,37,38)(H,39,40)(H,41,42)(H,43,44)(H2,23,25,27)(H2,24,26,28)/t7-,8-,11-,12-,13-,14-,19-,20-/m1/s1. The van der Waals surface area contributed by atoms with Crippen LogP contribution < -0.4 is 11.5 Å². The molecule has 0 bridgehead atoms. The molecule has 2 fully saturated rings. The molecule has 54 heavy (non-hydrogen) atoms. The van der Waals surface area contributed by atoms with E-state index in [1.165, 1.54) is 0 Å². The molecule has 0 spiro atoms. The van der Waals surface area contributed by atoms with Crippen molar-refractivity contribution in [2.24, 2.45) is 0 Å². The monoisotopic (exact) mass is 868 g/mol. The van der Waals surface area contributed by atoms with Crippen LogP contribution >= 0.6 is 42.4 Å². The van der Waals surface area contributed by atoms with Gasteiger partial charge >= 0.3 is 30.8 Å². The molecule has 0 aliphatic carbocycles. The van der Waals surface area contributed by atoms with Gasteiger partial charge in [0.1, 0.15) is 60.3 Å². The maximum absolute atomic E-state index is 12.7. The fourth-order valence-electron chi connectivity index (χ4n) is 5.25. The highest BCUT2D eigenvalue weighted by atomic mass is 35.5. The molecule has 33 heteroatoms. The van der Waals surface area contributed by atoms with E-state index >= 15 is 0 Å². The number of aliphatic hydroxyl groups is 4. The highest BCUT2D eigenvalue weighted by Crippen LogP contribution is 2.76. The van der Waals surface area contributed by atoms with Gasteiger partial charge < -0.3 is 60.9 Å². The molecule has 2 aliphatic heterocycles. The van der Waals surface area contributed by atoms with E-state index in [1.807, 2.05) is 0 Å². The number of fused-ring (bicyclic) bond motifs is 2. The van der Waals surface area contributed by atoms with Crippen LogP contribution in [0.4, 0.5) is 11.6 Å². The predicted octanol–water partition coefficient (Wildman–Crippen LogP) is -1.77. The number of phosphoric ester groups is 2. The number of rotatable bonds is 14. The fourth-order valence-corrected chi connectivity index (χ4v) is 12.2. The van der Waals surface area contributed by atoms with Gasteiger partial charge in [-0.2, -0.15) is 0 Å². The van der Waals surface area contributed by atoms with E-state index in [9.17, 15) is 58.3 Å². The molecule has 298 valence electrons. The van der Waals surface area contributed by atoms with Crippen molar-refractivity contribution in [1.82, 2.24) is 39.0 Å². The quantitative estimate of drug-likeness (QED) is 0.0495. The average Bonchev–Trinajstić information content (AvgIpc) is 3.84. The summed E-state index contributed by atoms with van der Waals surface area (Å²) in [5, 5.41) is 42.0. The number of anilines is 2. The van der Waals surface area contributed by atoms with Crippen LogP contribution in [0.2, 0.25) is 0 Å². The summed E-state index contributed by atoms with van der Waals surface area (Å²) in [4.78, 5) is 60.8. The summed E-state index contributed by atoms with van der Waals surface area (Å²) < 4.78 is 81.4. The summed E-state index contributed by atoms with van der Waals surface area (Å²) in [5.41, 5.74) is 11.9. The summed E-state index contributed by atoms with van der Waals surface area (Å²) >= 11 is 5.58. The molecule has 4 aromatic heterocycles. The first kappa shape index (κ1) is 41.0. The number of phosphoric acid groups is 2. The van der Waals surface area contributed by atoms with Crippen LogP contribution in [0.15, 0.2) is 25.3 Å². The summed E-state index contributed by atoms with van der Waals surface area (Å²) in [6.45, 7) is -2.20. The van der Waals surface area contributed by atoms with E-state index in [2.05, 4.69) is 47.6 Å². The number of nitrogens with zero attached hydrogens (tertiary/aromatic N) is 8. The van der Waals surface area contributed by atoms with Gasteiger partial charge in [0.2, 0.25) is 4.86 Å². The third-order valence-electron chi connectivity index (χ3n) is 7.78. The summed E-state index contributed by atoms with van der Waals surface area (Å²) in [6.07, 6.45) is -8.57. The number of nitrogens with two attached hydrogens (primary N) is 2. The number of ether oxygens (including phenoxy) is 2. The molecular weight excluding hydrogens is 840 g/mol. The highest BCUT2D eigenvalue weighted by molar-refractivity contribution is 7.79. The lowest BCUT2D eigenvalue weighted by Crippen LogP contribution is -2.33. The van der Waals surface area contributed by atoms with Gasteiger partial charge in [-0.05, 0) is 0 Å². The van der Waals surface area contributed by atoms with Crippen LogP contribution in [-0.4, -0.2) is 134 Å². The molecule has 4 unspecified atom stereocenters. The lowest BCUT2D eigenvalue weighted by atomic mass is 10.1. The Morgan fingerprint density at radius 3 is 1.41 bits per heavy atom. The summed E-state index contributed by atoms with van der Waals surface area (Å²) in [6, 6.07) is 0. The van der Waals surface area contributed by atoms with Crippen LogP contribution in [0, 0.1) is 0 Å². The van der Waals surface area contributed by atoms with Crippen molar-refractivity contribution in [2.45, 2.75) is 53.9 Å². The van der Waals surface area contributed by atoms with Crippen molar-refractivity contribution >= 4 is 76.4 Å². The van der Waals surface area contributed by atoms with E-state index in [0.717, 1.165) is 34.4 Å². The van der Waals surface area contributed by atoms with Crippen molar-refractivity contribution in [2.75, 3.05) is 24.7 Å². The Hall–Kier alpha value is -2.65. The van der Waals surface area contributed by atoms with Crippen LogP contribution in [0.25, 0.3) is 22.3 Å². The maximum atomic E-state index is 12.7. The number of nitrogen functional groups attached to an aromatic ring is 2. The van der Waals surface area contributed by atoms with Gasteiger partial charge in [0.15, 0.2) is 35.4 Å². The van der Waals surface area contributed by atoms with Crippen molar-refractivity contribution in [3.05, 3.63) is 25.3 Å². The maximum Gasteiger partial charge on any atom is 0.479 e. The molecule has 2 aliphatic rings. The number of imidazole rings is 2. The molecule has 12 atom stereocenters. The van der Waals surface area contributed by atoms with Crippen LogP contribution in [0.3, 0.4) is 0 Å². The van der Waals surface area contributed by atoms with Crippen molar-refractivity contribution in [1.29, 1.82) is 0 Å². The zero-order chi connectivity index (χ0) is 39.5. The predicted molar refractivity (Wildman–Crippen MR) is 174 cm³/mol. The van der Waals surface area contributed by atoms with Gasteiger partial charge in [-0.25, -0.2) is 47.7 Å². The van der Waals surface area contributed by atoms with E-state index in [-0.39, 0.29) is 34.0 Å². The lowest BCUT2D eigenvalue weighted by Gasteiger charge is -2.25. The first-order valence-electron chi connectivity index (χ1n) is 14.7. The second-order valence-corrected chi connectivity index (χ2v) is 19.8. The largest absolute Gasteiger partial charge is 0.479 e. The summed E-state index contributed by atoms with van der Waals surface area (Å²) in [7, 11) is -23.6. The SMILES string of the molecule is Nc1ncnc2c1ncn2[C@@H]1O[C@H](COP(=O)(O)OP(=O)(O)C(Cl)P(=O)(O)OP(=O)(O)OC[C@H]2O[C@@H](n3cnc4c(N)ncnc43)[C@H](O)[C@@H]2O)[C@@H](O)[C@H]1O. The molecule has 2 saturated heterocycles. The van der Waals surface area contributed by atoms with E-state index in [1.54, 1.807) is 0 Å². The Bertz CT molecular complexity index is 2080. The molecule has 0 aromatic carbocycles. The van der Waals surface area contributed by atoms with E-state index < -0.39 is 98.0 Å². The minimum absolute atomic E-state index is 0.0139. The van der Waals surface area contributed by atoms with Crippen molar-refractivity contribution in [3.63, 3.8) is 0 Å². The Kier molecular flexibility index (Phi) is 11.4. The third kappa shape index (κ3) is 8.10. The second kappa shape index (κ2) is 15.0. The Labute approximate surface area is 304 Å². The minimum Gasteiger partial charge on any atom is -0.387 e. The third-order valence-corrected chi connectivity index (χ3v) is 16.6. The molecule has 6 rings (SSSR count). The number of hydrogen-bond donors (Lipinski definition) is 10. The Morgan fingerprint density at radius 1 is 0.667 bits per heavy atom. The number of alkyl halides is 1. The smallest absolute Gasteiger partial charge is 0.387 e. The Balaban J connectivity index is 1.04. The van der Waals surface area contributed by atoms with Gasteiger partial charge in [0, 0.05) is 0 Å². The van der Waals surface area contributed by atoms with E-state index in [4.69, 9.17) is 32.5 Å². The normalized spacial score (nSPS) is 31.2. The molecule has 0 radical (unpaired) electrons. The first-order chi connectivity index (χ1) is 25.1. The molecule has 28 nitrogen and oxygen atoms in total. The molecule has 4 aromatic rings. The van der Waals surface area contributed by atoms with Gasteiger partial charge in [-0.15, -0.1) is 0 Å². The average molecular weight is 869 g/mol. The summed E-state index contributed by atoms with van der Waals surface area (Å²) in [5.74, 6) is -0.0277. The van der Waals surface area contributed by atoms with Crippen molar-refractivity contribution < 1.29 is 85.4 Å². The lowest BCUT2D eigenvalue weighted by molar-refractivity contribution is -0.0502. The number of halogens is 1. The molecule has 6 heterocycles. The number of aromatic nitrogens is 8. The van der Waals surface area contributed by atoms with Gasteiger partial charge in [-0.1, -0.05) is 11.6 Å². The minimum atomic E-state index is -6.02. The zero-order valence-corrected chi connectivity index (χ0v) is 30.8. The van der Waals surface area contributed by atoms with Crippen LogP contribution in [0.5, 0.6) is 0 Å². The number of aliphatic hydroxyl groups excluding tert-OH is 4. The molecule has 0 amide bonds. The van der Waals surface area contributed by atoms with Crippen molar-refractivity contribution in [3.8, 4) is 0 Å². The fraction of sp³-hybridized carbons (Fsp3) is 0.524. The van der Waals surface area contributed by atoms with Gasteiger partial charge in [0.25, 0.3) is 0 Å². The molecule has 12 N–H and O–H groups in total. The highest BCUT2D eigenvalue weighted by Gasteiger charge is 2.54.